The van der Waals surface area contributed by atoms with Gasteiger partial charge in [0.15, 0.2) is 11.6 Å². The normalized spacial score (nSPS) is 11.6. The van der Waals surface area contributed by atoms with Gasteiger partial charge in [-0.2, -0.15) is 13.2 Å². The van der Waals surface area contributed by atoms with Crippen LogP contribution in [0.15, 0.2) is 212 Å². The number of para-hydroxylation sites is 1. The van der Waals surface area contributed by atoms with Crippen molar-refractivity contribution in [1.29, 1.82) is 0 Å². The van der Waals surface area contributed by atoms with Gasteiger partial charge in [0.25, 0.3) is 0 Å². The molecule has 0 radical (unpaired) electrons. The van der Waals surface area contributed by atoms with Crippen molar-refractivity contribution in [2.75, 3.05) is 0 Å². The van der Waals surface area contributed by atoms with Crippen LogP contribution in [0.1, 0.15) is 11.1 Å². The summed E-state index contributed by atoms with van der Waals surface area (Å²) >= 11 is 0. The molecule has 0 atom stereocenters. The monoisotopic (exact) mass is 861 g/mol. The van der Waals surface area contributed by atoms with Gasteiger partial charge in [0.05, 0.1) is 45.1 Å². The molecular weight excluding hydrogens is 824 g/mol. The molecule has 3 heterocycles. The predicted molar refractivity (Wildman–Crippen MR) is 260 cm³/mol. The van der Waals surface area contributed by atoms with Crippen molar-refractivity contribution in [2.45, 2.75) is 13.1 Å². The average Bonchev–Trinajstić information content (AvgIpc) is 3.70. The summed E-state index contributed by atoms with van der Waals surface area (Å²) in [6.45, 7) is 2.06. The maximum Gasteiger partial charge on any atom is 0.416 e. The number of benzene rings is 8. The van der Waals surface area contributed by atoms with E-state index >= 15 is 13.2 Å². The Hall–Kier alpha value is -8.49. The summed E-state index contributed by atoms with van der Waals surface area (Å²) in [6, 6.07) is 67.2. The fourth-order valence-electron chi connectivity index (χ4n) is 8.68. The summed E-state index contributed by atoms with van der Waals surface area (Å²) in [4.78, 5) is 20.6. The lowest BCUT2D eigenvalue weighted by atomic mass is 9.98. The zero-order valence-electron chi connectivity index (χ0n) is 35.6. The molecule has 5 nitrogen and oxygen atoms in total. The minimum Gasteiger partial charge on any atom is -0.308 e. The molecule has 0 aliphatic heterocycles. The fourth-order valence-corrected chi connectivity index (χ4v) is 8.68. The Labute approximate surface area is 379 Å². The van der Waals surface area contributed by atoms with Crippen molar-refractivity contribution in [2.24, 2.45) is 0 Å². The zero-order valence-corrected chi connectivity index (χ0v) is 35.6. The molecule has 316 valence electrons. The summed E-state index contributed by atoms with van der Waals surface area (Å²) in [5.74, 6) is 0.226. The second kappa shape index (κ2) is 16.6. The van der Waals surface area contributed by atoms with E-state index in [-0.39, 0.29) is 22.8 Å². The molecule has 66 heavy (non-hydrogen) atoms. The number of hydrogen-bond donors (Lipinski definition) is 0. The van der Waals surface area contributed by atoms with Gasteiger partial charge in [0.1, 0.15) is 0 Å². The van der Waals surface area contributed by atoms with Crippen LogP contribution >= 0.6 is 0 Å². The topological polar surface area (TPSA) is 56.5 Å². The second-order valence-corrected chi connectivity index (χ2v) is 16.3. The molecule has 0 spiro atoms. The molecule has 0 N–H and O–H groups in total. The van der Waals surface area contributed by atoms with E-state index in [1.54, 1.807) is 0 Å². The Bertz CT molecular complexity index is 3290. The van der Waals surface area contributed by atoms with E-state index in [4.69, 9.17) is 19.9 Å². The molecule has 11 aromatic rings. The van der Waals surface area contributed by atoms with E-state index in [1.165, 1.54) is 12.1 Å². The second-order valence-electron chi connectivity index (χ2n) is 16.3. The van der Waals surface area contributed by atoms with E-state index in [9.17, 15) is 0 Å². The van der Waals surface area contributed by atoms with Crippen molar-refractivity contribution in [3.05, 3.63) is 223 Å². The van der Waals surface area contributed by atoms with Crippen molar-refractivity contribution < 1.29 is 13.2 Å². The first-order valence-corrected chi connectivity index (χ1v) is 21.6. The van der Waals surface area contributed by atoms with E-state index in [0.29, 0.717) is 28.5 Å². The lowest BCUT2D eigenvalue weighted by Gasteiger charge is -2.21. The van der Waals surface area contributed by atoms with Crippen LogP contribution < -0.4 is 0 Å². The molecule has 3 aromatic heterocycles. The van der Waals surface area contributed by atoms with E-state index in [0.717, 1.165) is 60.8 Å². The highest BCUT2D eigenvalue weighted by Crippen LogP contribution is 2.45. The first kappa shape index (κ1) is 40.3. The Morgan fingerprint density at radius 1 is 0.364 bits per heavy atom. The zero-order chi connectivity index (χ0) is 44.8. The third kappa shape index (κ3) is 7.58. The number of aromatic nitrogens is 5. The van der Waals surface area contributed by atoms with E-state index in [1.807, 2.05) is 162 Å². The van der Waals surface area contributed by atoms with Crippen LogP contribution in [0.25, 0.3) is 106 Å². The molecule has 0 saturated heterocycles. The van der Waals surface area contributed by atoms with Crippen LogP contribution in [0.5, 0.6) is 0 Å². The molecule has 0 fully saturated rings. The van der Waals surface area contributed by atoms with Crippen LogP contribution in [0.3, 0.4) is 0 Å². The minimum atomic E-state index is -4.77. The maximum absolute atomic E-state index is 15.7. The predicted octanol–water partition coefficient (Wildman–Crippen LogP) is 15.4. The number of nitrogens with zero attached hydrogens (tertiary/aromatic N) is 5. The van der Waals surface area contributed by atoms with Gasteiger partial charge in [-0.05, 0) is 60.5 Å². The smallest absolute Gasteiger partial charge is 0.308 e. The van der Waals surface area contributed by atoms with Gasteiger partial charge in [-0.25, -0.2) is 19.9 Å². The van der Waals surface area contributed by atoms with Crippen LogP contribution in [0.4, 0.5) is 13.2 Å². The summed E-state index contributed by atoms with van der Waals surface area (Å²) in [6.07, 6.45) is -4.77. The first-order valence-electron chi connectivity index (χ1n) is 21.6. The van der Waals surface area contributed by atoms with Crippen LogP contribution in [-0.4, -0.2) is 24.5 Å². The number of rotatable bonds is 8. The molecule has 11 rings (SSSR count). The summed E-state index contributed by atoms with van der Waals surface area (Å²) in [7, 11) is 0. The van der Waals surface area contributed by atoms with Crippen LogP contribution in [-0.2, 0) is 6.18 Å². The third-order valence-electron chi connectivity index (χ3n) is 11.9. The number of alkyl halides is 3. The standard InChI is InChI=1S/C58H38F3N5/c1-37-26-28-38(29-27-37)43-30-31-54-46(32-43)45-24-14-15-25-53(45)66(54)55-47(56-62-49(39-16-6-2-7-17-39)35-50(63-56)40-18-8-3-9-19-40)33-44(58(59,60)61)34-48(55)57-64-51(41-20-10-4-11-21-41)36-52(65-57)42-22-12-5-13-23-42/h2-36H,1H3. The Morgan fingerprint density at radius 2 is 0.758 bits per heavy atom. The fraction of sp³-hybridized carbons (Fsp3) is 0.0345. The first-order chi connectivity index (χ1) is 32.2. The van der Waals surface area contributed by atoms with Gasteiger partial charge in [-0.3, -0.25) is 0 Å². The van der Waals surface area contributed by atoms with Gasteiger partial charge in [-0.15, -0.1) is 0 Å². The molecule has 8 heteroatoms. The molecule has 0 unspecified atom stereocenters. The number of hydrogen-bond acceptors (Lipinski definition) is 4. The number of aryl methyl sites for hydroxylation is 1. The highest BCUT2D eigenvalue weighted by Gasteiger charge is 2.35. The van der Waals surface area contributed by atoms with Crippen molar-refractivity contribution in [3.63, 3.8) is 0 Å². The Balaban J connectivity index is 1.30. The molecular formula is C58H38F3N5. The molecule has 0 amide bonds. The largest absolute Gasteiger partial charge is 0.416 e. The number of fused-ring (bicyclic) bond motifs is 3. The van der Waals surface area contributed by atoms with Crippen LogP contribution in [0.2, 0.25) is 0 Å². The van der Waals surface area contributed by atoms with Crippen molar-refractivity contribution in [1.82, 2.24) is 24.5 Å². The van der Waals surface area contributed by atoms with Gasteiger partial charge >= 0.3 is 6.18 Å². The number of halogens is 3. The van der Waals surface area contributed by atoms with Crippen molar-refractivity contribution >= 4 is 21.8 Å². The van der Waals surface area contributed by atoms with Crippen LogP contribution in [0, 0.1) is 6.92 Å². The lowest BCUT2D eigenvalue weighted by Crippen LogP contribution is -2.11. The maximum atomic E-state index is 15.7. The molecule has 8 aromatic carbocycles. The Morgan fingerprint density at radius 3 is 1.20 bits per heavy atom. The third-order valence-corrected chi connectivity index (χ3v) is 11.9. The van der Waals surface area contributed by atoms with Gasteiger partial charge in [0, 0.05) is 44.2 Å². The molecule has 0 aliphatic rings. The summed E-state index contributed by atoms with van der Waals surface area (Å²) < 4.78 is 49.1. The quantitative estimate of drug-likeness (QED) is 0.153. The molecule has 0 saturated carbocycles. The van der Waals surface area contributed by atoms with Gasteiger partial charge < -0.3 is 4.57 Å². The minimum absolute atomic E-state index is 0.113. The highest BCUT2D eigenvalue weighted by atomic mass is 19.4. The molecule has 0 aliphatic carbocycles. The van der Waals surface area contributed by atoms with Gasteiger partial charge in [-0.1, -0.05) is 175 Å². The summed E-state index contributed by atoms with van der Waals surface area (Å²) in [5.41, 5.74) is 10.0. The average molecular weight is 862 g/mol. The van der Waals surface area contributed by atoms with Crippen molar-refractivity contribution in [3.8, 4) is 84.6 Å². The van der Waals surface area contributed by atoms with E-state index in [2.05, 4.69) is 49.4 Å². The van der Waals surface area contributed by atoms with Gasteiger partial charge in [0.2, 0.25) is 0 Å². The Kier molecular flexibility index (Phi) is 10.1. The van der Waals surface area contributed by atoms with E-state index < -0.39 is 11.7 Å². The highest BCUT2D eigenvalue weighted by molar-refractivity contribution is 6.11. The lowest BCUT2D eigenvalue weighted by molar-refractivity contribution is -0.137. The summed E-state index contributed by atoms with van der Waals surface area (Å²) in [5, 5.41) is 1.85. The SMILES string of the molecule is Cc1ccc(-c2ccc3c(c2)c2ccccc2n3-c2c(-c3nc(-c4ccccc4)cc(-c4ccccc4)n3)cc(C(F)(F)F)cc2-c2nc(-c3ccccc3)cc(-c3ccccc3)n2)cc1. The molecule has 0 bridgehead atoms.